The first-order valence-corrected chi connectivity index (χ1v) is 8.33. The van der Waals surface area contributed by atoms with Gasteiger partial charge in [0.15, 0.2) is 5.82 Å². The van der Waals surface area contributed by atoms with Crippen LogP contribution in [0.3, 0.4) is 0 Å². The zero-order valence-corrected chi connectivity index (χ0v) is 12.8. The van der Waals surface area contributed by atoms with Gasteiger partial charge < -0.3 is 0 Å². The molecular formula is C13H15FN2O2S2. The molecule has 0 aliphatic heterocycles. The maximum Gasteiger partial charge on any atom is 0.261 e. The van der Waals surface area contributed by atoms with Gasteiger partial charge in [0.25, 0.3) is 10.0 Å². The van der Waals surface area contributed by atoms with Crippen LogP contribution >= 0.6 is 11.3 Å². The maximum absolute atomic E-state index is 13.5. The fourth-order valence-electron chi connectivity index (χ4n) is 1.66. The normalized spacial score (nSPS) is 12.6. The second-order valence-corrected chi connectivity index (χ2v) is 7.61. The molecule has 0 spiro atoms. The Labute approximate surface area is 121 Å². The van der Waals surface area contributed by atoms with E-state index in [0.717, 1.165) is 10.9 Å². The van der Waals surface area contributed by atoms with E-state index in [2.05, 4.69) is 9.71 Å². The van der Waals surface area contributed by atoms with Crippen molar-refractivity contribution in [1.82, 2.24) is 9.71 Å². The average Bonchev–Trinajstić information content (AvgIpc) is 2.92. The predicted molar refractivity (Wildman–Crippen MR) is 76.7 cm³/mol. The molecule has 0 aliphatic rings. The van der Waals surface area contributed by atoms with E-state index in [0.29, 0.717) is 0 Å². The van der Waals surface area contributed by atoms with Gasteiger partial charge in [0.2, 0.25) is 5.03 Å². The SMILES string of the molecule is CC(C)(CNS(=O)(=O)c1ncccc1F)c1cccs1. The van der Waals surface area contributed by atoms with E-state index in [4.69, 9.17) is 0 Å². The molecule has 108 valence electrons. The van der Waals surface area contributed by atoms with Crippen LogP contribution in [0, 0.1) is 5.82 Å². The van der Waals surface area contributed by atoms with Crippen molar-refractivity contribution in [2.75, 3.05) is 6.54 Å². The number of nitrogens with zero attached hydrogens (tertiary/aromatic N) is 1. The zero-order chi connectivity index (χ0) is 14.8. The molecule has 2 heterocycles. The molecule has 1 N–H and O–H groups in total. The van der Waals surface area contributed by atoms with Crippen LogP contribution in [0.4, 0.5) is 4.39 Å². The van der Waals surface area contributed by atoms with Gasteiger partial charge in [-0.05, 0) is 23.6 Å². The Morgan fingerprint density at radius 3 is 2.70 bits per heavy atom. The van der Waals surface area contributed by atoms with Gasteiger partial charge in [-0.1, -0.05) is 19.9 Å². The lowest BCUT2D eigenvalue weighted by atomic mass is 9.92. The van der Waals surface area contributed by atoms with Crippen LogP contribution in [0.15, 0.2) is 40.9 Å². The maximum atomic E-state index is 13.5. The van der Waals surface area contributed by atoms with E-state index in [1.54, 1.807) is 11.3 Å². The van der Waals surface area contributed by atoms with Gasteiger partial charge in [0.1, 0.15) is 0 Å². The molecule has 0 saturated heterocycles. The van der Waals surface area contributed by atoms with Gasteiger partial charge in [-0.2, -0.15) is 0 Å². The third-order valence-corrected chi connectivity index (χ3v) is 5.44. The molecule has 0 aliphatic carbocycles. The molecule has 7 heteroatoms. The molecule has 0 bridgehead atoms. The van der Waals surface area contributed by atoms with Gasteiger partial charge in [-0.25, -0.2) is 22.5 Å². The number of rotatable bonds is 5. The Morgan fingerprint density at radius 2 is 2.10 bits per heavy atom. The van der Waals surface area contributed by atoms with Crippen LogP contribution in [0.5, 0.6) is 0 Å². The van der Waals surface area contributed by atoms with Crippen LogP contribution in [-0.4, -0.2) is 19.9 Å². The minimum absolute atomic E-state index is 0.172. The monoisotopic (exact) mass is 314 g/mol. The minimum Gasteiger partial charge on any atom is -0.241 e. The van der Waals surface area contributed by atoms with Crippen LogP contribution in [0.1, 0.15) is 18.7 Å². The summed E-state index contributed by atoms with van der Waals surface area (Å²) in [6.45, 7) is 4.03. The summed E-state index contributed by atoms with van der Waals surface area (Å²) in [7, 11) is -3.95. The van der Waals surface area contributed by atoms with E-state index in [1.807, 2.05) is 31.4 Å². The van der Waals surface area contributed by atoms with E-state index in [9.17, 15) is 12.8 Å². The van der Waals surface area contributed by atoms with Crippen LogP contribution in [-0.2, 0) is 15.4 Å². The number of nitrogens with one attached hydrogen (secondary N) is 1. The molecule has 2 aromatic rings. The number of thiophene rings is 1. The Hall–Kier alpha value is -1.31. The lowest BCUT2D eigenvalue weighted by Gasteiger charge is -2.23. The van der Waals surface area contributed by atoms with Gasteiger partial charge in [-0.3, -0.25) is 0 Å². The fraction of sp³-hybridized carbons (Fsp3) is 0.308. The summed E-state index contributed by atoms with van der Waals surface area (Å²) in [5.74, 6) is -0.853. The van der Waals surface area contributed by atoms with Crippen molar-refractivity contribution >= 4 is 21.4 Å². The lowest BCUT2D eigenvalue weighted by molar-refractivity contribution is 0.501. The van der Waals surface area contributed by atoms with Crippen molar-refractivity contribution in [3.8, 4) is 0 Å². The van der Waals surface area contributed by atoms with Crippen molar-refractivity contribution in [3.05, 3.63) is 46.5 Å². The number of pyridine rings is 1. The van der Waals surface area contributed by atoms with Crippen LogP contribution < -0.4 is 4.72 Å². The summed E-state index contributed by atoms with van der Waals surface area (Å²) in [6, 6.07) is 6.28. The summed E-state index contributed by atoms with van der Waals surface area (Å²) >= 11 is 1.55. The quantitative estimate of drug-likeness (QED) is 0.922. The van der Waals surface area contributed by atoms with E-state index in [-0.39, 0.29) is 12.0 Å². The van der Waals surface area contributed by atoms with Crippen LogP contribution in [0.2, 0.25) is 0 Å². The van der Waals surface area contributed by atoms with Crippen molar-refractivity contribution < 1.29 is 12.8 Å². The van der Waals surface area contributed by atoms with Crippen LogP contribution in [0.25, 0.3) is 0 Å². The Balaban J connectivity index is 2.17. The lowest BCUT2D eigenvalue weighted by Crippen LogP contribution is -2.36. The third kappa shape index (κ3) is 3.23. The number of aromatic nitrogens is 1. The average molecular weight is 314 g/mol. The number of hydrogen-bond acceptors (Lipinski definition) is 4. The molecule has 4 nitrogen and oxygen atoms in total. The molecule has 0 unspecified atom stereocenters. The van der Waals surface area contributed by atoms with Crippen molar-refractivity contribution in [3.63, 3.8) is 0 Å². The molecule has 0 saturated carbocycles. The summed E-state index contributed by atoms with van der Waals surface area (Å²) in [4.78, 5) is 4.65. The smallest absolute Gasteiger partial charge is 0.241 e. The van der Waals surface area contributed by atoms with E-state index in [1.165, 1.54) is 12.3 Å². The van der Waals surface area contributed by atoms with Gasteiger partial charge >= 0.3 is 0 Å². The van der Waals surface area contributed by atoms with Crippen molar-refractivity contribution in [1.29, 1.82) is 0 Å². The molecule has 20 heavy (non-hydrogen) atoms. The molecule has 0 amide bonds. The highest BCUT2D eigenvalue weighted by Gasteiger charge is 2.27. The van der Waals surface area contributed by atoms with E-state index >= 15 is 0 Å². The summed E-state index contributed by atoms with van der Waals surface area (Å²) in [6.07, 6.45) is 1.25. The van der Waals surface area contributed by atoms with Gasteiger partial charge in [-0.15, -0.1) is 11.3 Å². The highest BCUT2D eigenvalue weighted by atomic mass is 32.2. The fourth-order valence-corrected chi connectivity index (χ4v) is 3.73. The first kappa shape index (κ1) is 15.1. The molecule has 0 aromatic carbocycles. The topological polar surface area (TPSA) is 59.1 Å². The molecule has 0 atom stereocenters. The van der Waals surface area contributed by atoms with E-state index < -0.39 is 20.9 Å². The Kier molecular flexibility index (Phi) is 4.22. The second-order valence-electron chi connectivity index (χ2n) is 4.98. The summed E-state index contributed by atoms with van der Waals surface area (Å²) in [5, 5.41) is 1.37. The number of sulfonamides is 1. The highest BCUT2D eigenvalue weighted by molar-refractivity contribution is 7.89. The van der Waals surface area contributed by atoms with Gasteiger partial charge in [0, 0.05) is 23.0 Å². The zero-order valence-electron chi connectivity index (χ0n) is 11.1. The molecule has 0 radical (unpaired) electrons. The van der Waals surface area contributed by atoms with Crippen molar-refractivity contribution in [2.45, 2.75) is 24.3 Å². The number of halogens is 1. The van der Waals surface area contributed by atoms with Gasteiger partial charge in [0.05, 0.1) is 0 Å². The largest absolute Gasteiger partial charge is 0.261 e. The molecule has 2 aromatic heterocycles. The Bertz CT molecular complexity index is 682. The van der Waals surface area contributed by atoms with Crippen molar-refractivity contribution in [2.24, 2.45) is 0 Å². The Morgan fingerprint density at radius 1 is 1.35 bits per heavy atom. The first-order chi connectivity index (χ1) is 9.33. The summed E-state index contributed by atoms with van der Waals surface area (Å²) < 4.78 is 40.0. The second kappa shape index (κ2) is 5.59. The summed E-state index contributed by atoms with van der Waals surface area (Å²) in [5.41, 5.74) is -0.369. The standard InChI is InChI=1S/C13H15FN2O2S2/c1-13(2,11-6-4-8-19-11)9-16-20(17,18)12-10(14)5-3-7-15-12/h3-8,16H,9H2,1-2H3. The third-order valence-electron chi connectivity index (χ3n) is 2.87. The molecular weight excluding hydrogens is 299 g/mol. The first-order valence-electron chi connectivity index (χ1n) is 5.97. The molecule has 0 fully saturated rings. The molecule has 2 rings (SSSR count). The number of hydrogen-bond donors (Lipinski definition) is 1. The highest BCUT2D eigenvalue weighted by Crippen LogP contribution is 2.27. The predicted octanol–water partition coefficient (Wildman–Crippen LogP) is 2.54. The minimum atomic E-state index is -3.95.